The summed E-state index contributed by atoms with van der Waals surface area (Å²) in [4.78, 5) is 24.8. The molecule has 0 unspecified atom stereocenters. The zero-order valence-electron chi connectivity index (χ0n) is 14.2. The van der Waals surface area contributed by atoms with Crippen LogP contribution < -0.4 is 5.32 Å². The van der Waals surface area contributed by atoms with Crippen molar-refractivity contribution >= 4 is 27.8 Å². The molecule has 5 heteroatoms. The van der Waals surface area contributed by atoms with Crippen LogP contribution in [0.15, 0.2) is 59.1 Å². The van der Waals surface area contributed by atoms with Gasteiger partial charge in [-0.15, -0.1) is 0 Å². The molecule has 1 aliphatic rings. The minimum Gasteiger partial charge on any atom is -0.469 e. The summed E-state index contributed by atoms with van der Waals surface area (Å²) in [7, 11) is 1.40. The summed E-state index contributed by atoms with van der Waals surface area (Å²) < 4.78 is 5.86. The molecule has 0 aromatic heterocycles. The summed E-state index contributed by atoms with van der Waals surface area (Å²) in [6.45, 7) is 1.89. The van der Waals surface area contributed by atoms with Crippen LogP contribution in [0.5, 0.6) is 0 Å². The molecule has 1 N–H and O–H groups in total. The number of amides is 1. The van der Waals surface area contributed by atoms with E-state index in [-0.39, 0.29) is 23.8 Å². The molecule has 25 heavy (non-hydrogen) atoms. The Morgan fingerprint density at radius 2 is 1.80 bits per heavy atom. The molecule has 130 valence electrons. The lowest BCUT2D eigenvalue weighted by atomic mass is 9.95. The van der Waals surface area contributed by atoms with Gasteiger partial charge in [-0.25, -0.2) is 0 Å². The van der Waals surface area contributed by atoms with Gasteiger partial charge in [0.25, 0.3) is 5.91 Å². The van der Waals surface area contributed by atoms with Gasteiger partial charge in [0.2, 0.25) is 0 Å². The molecule has 1 fully saturated rings. The van der Waals surface area contributed by atoms with Gasteiger partial charge in [-0.3, -0.25) is 9.59 Å². The summed E-state index contributed by atoms with van der Waals surface area (Å²) in [5, 5.41) is 3.10. The first kappa shape index (κ1) is 17.7. The van der Waals surface area contributed by atoms with Gasteiger partial charge < -0.3 is 10.1 Å². The summed E-state index contributed by atoms with van der Waals surface area (Å²) in [5.74, 6) is -0.362. The molecule has 1 aliphatic carbocycles. The maximum atomic E-state index is 12.7. The third-order valence-electron chi connectivity index (χ3n) is 4.91. The van der Waals surface area contributed by atoms with Crippen molar-refractivity contribution < 1.29 is 14.3 Å². The number of halogens is 1. The zero-order valence-corrected chi connectivity index (χ0v) is 15.7. The first-order chi connectivity index (χ1) is 12.0. The van der Waals surface area contributed by atoms with Crippen molar-refractivity contribution in [2.45, 2.75) is 19.4 Å². The monoisotopic (exact) mass is 401 g/mol. The average Bonchev–Trinajstić information content (AvgIpc) is 3.32. The molecule has 2 aromatic rings. The molecule has 1 amide bonds. The molecule has 3 atom stereocenters. The molecule has 2 aromatic carbocycles. The molecule has 0 saturated heterocycles. The first-order valence-corrected chi connectivity index (χ1v) is 8.95. The van der Waals surface area contributed by atoms with Crippen LogP contribution in [0.4, 0.5) is 0 Å². The molecular formula is C20H20BrNO3. The number of rotatable bonds is 5. The predicted molar refractivity (Wildman–Crippen MR) is 99.0 cm³/mol. The highest BCUT2D eigenvalue weighted by atomic mass is 79.9. The Kier molecular flexibility index (Phi) is 4.95. The van der Waals surface area contributed by atoms with Crippen molar-refractivity contribution in [2.75, 3.05) is 7.11 Å². The van der Waals surface area contributed by atoms with Gasteiger partial charge in [-0.05, 0) is 43.2 Å². The Morgan fingerprint density at radius 1 is 1.16 bits per heavy atom. The lowest BCUT2D eigenvalue weighted by Crippen LogP contribution is -2.32. The normalized spacial score (nSPS) is 22.8. The van der Waals surface area contributed by atoms with Gasteiger partial charge in [0.05, 0.1) is 18.6 Å². The van der Waals surface area contributed by atoms with Crippen LogP contribution in [-0.2, 0) is 9.53 Å². The molecule has 0 heterocycles. The second kappa shape index (κ2) is 7.00. The highest BCUT2D eigenvalue weighted by Gasteiger charge is 2.60. The Bertz CT molecular complexity index is 775. The fourth-order valence-electron chi connectivity index (χ4n) is 3.25. The van der Waals surface area contributed by atoms with Gasteiger partial charge >= 0.3 is 5.97 Å². The minimum atomic E-state index is -0.553. The van der Waals surface area contributed by atoms with Gasteiger partial charge in [0.15, 0.2) is 0 Å². The van der Waals surface area contributed by atoms with E-state index < -0.39 is 5.41 Å². The largest absolute Gasteiger partial charge is 0.469 e. The maximum absolute atomic E-state index is 12.7. The number of hydrogen-bond acceptors (Lipinski definition) is 3. The van der Waals surface area contributed by atoms with Crippen molar-refractivity contribution in [3.63, 3.8) is 0 Å². The summed E-state index contributed by atoms with van der Waals surface area (Å²) in [5.41, 5.74) is 1.03. The molecule has 0 spiro atoms. The SMILES string of the molecule is COC(=O)[C@]1(C)C[C@@H]1[C@H](NC(=O)c1ccc(Br)cc1)c1ccccc1. The van der Waals surface area contributed by atoms with Gasteiger partial charge in [0, 0.05) is 16.0 Å². The minimum absolute atomic E-state index is 0.0155. The second-order valence-corrected chi connectivity index (χ2v) is 7.50. The highest BCUT2D eigenvalue weighted by Crippen LogP contribution is 2.58. The number of esters is 1. The predicted octanol–water partition coefficient (Wildman–Crippen LogP) is 4.12. The van der Waals surface area contributed by atoms with Crippen molar-refractivity contribution in [1.29, 1.82) is 0 Å². The van der Waals surface area contributed by atoms with Crippen molar-refractivity contribution in [2.24, 2.45) is 11.3 Å². The second-order valence-electron chi connectivity index (χ2n) is 6.59. The first-order valence-electron chi connectivity index (χ1n) is 8.15. The lowest BCUT2D eigenvalue weighted by Gasteiger charge is -2.21. The highest BCUT2D eigenvalue weighted by molar-refractivity contribution is 9.10. The Labute approximate surface area is 155 Å². The topological polar surface area (TPSA) is 55.4 Å². The maximum Gasteiger partial charge on any atom is 0.311 e. The molecule has 1 saturated carbocycles. The summed E-state index contributed by atoms with van der Waals surface area (Å²) in [6.07, 6.45) is 0.694. The van der Waals surface area contributed by atoms with Crippen LogP contribution in [-0.4, -0.2) is 19.0 Å². The third-order valence-corrected chi connectivity index (χ3v) is 5.44. The smallest absolute Gasteiger partial charge is 0.311 e. The number of benzene rings is 2. The van der Waals surface area contributed by atoms with Crippen LogP contribution in [0, 0.1) is 11.3 Å². The Hall–Kier alpha value is -2.14. The van der Waals surface area contributed by atoms with E-state index in [1.165, 1.54) is 7.11 Å². The molecular weight excluding hydrogens is 382 g/mol. The zero-order chi connectivity index (χ0) is 18.0. The number of methoxy groups -OCH3 is 1. The van der Waals surface area contributed by atoms with Crippen LogP contribution in [0.25, 0.3) is 0 Å². The number of ether oxygens (including phenoxy) is 1. The van der Waals surface area contributed by atoms with Gasteiger partial charge in [0.1, 0.15) is 0 Å². The van der Waals surface area contributed by atoms with Crippen LogP contribution in [0.1, 0.15) is 35.3 Å². The Balaban J connectivity index is 1.84. The van der Waals surface area contributed by atoms with E-state index in [1.807, 2.05) is 49.4 Å². The quantitative estimate of drug-likeness (QED) is 0.766. The lowest BCUT2D eigenvalue weighted by molar-refractivity contribution is -0.147. The number of nitrogens with one attached hydrogen (secondary N) is 1. The van der Waals surface area contributed by atoms with E-state index in [9.17, 15) is 9.59 Å². The van der Waals surface area contributed by atoms with Gasteiger partial charge in [-0.1, -0.05) is 46.3 Å². The standard InChI is InChI=1S/C20H20BrNO3/c1-20(19(24)25-2)12-16(20)17(13-6-4-3-5-7-13)22-18(23)14-8-10-15(21)11-9-14/h3-11,16-17H,12H2,1-2H3,(H,22,23)/t16-,17-,20-/m1/s1. The molecule has 0 radical (unpaired) electrons. The molecule has 0 aliphatic heterocycles. The fourth-order valence-corrected chi connectivity index (χ4v) is 3.52. The van der Waals surface area contributed by atoms with E-state index in [0.29, 0.717) is 12.0 Å². The van der Waals surface area contributed by atoms with E-state index >= 15 is 0 Å². The summed E-state index contributed by atoms with van der Waals surface area (Å²) in [6, 6.07) is 16.7. The van der Waals surface area contributed by atoms with Crippen LogP contribution in [0.3, 0.4) is 0 Å². The molecule has 0 bridgehead atoms. The average molecular weight is 402 g/mol. The third kappa shape index (κ3) is 3.61. The summed E-state index contributed by atoms with van der Waals surface area (Å²) >= 11 is 3.37. The number of carbonyl (C=O) groups is 2. The van der Waals surface area contributed by atoms with Crippen molar-refractivity contribution in [3.8, 4) is 0 Å². The number of hydrogen-bond donors (Lipinski definition) is 1. The van der Waals surface area contributed by atoms with E-state index in [2.05, 4.69) is 21.2 Å². The molecule has 3 rings (SSSR count). The fraction of sp³-hybridized carbons (Fsp3) is 0.300. The van der Waals surface area contributed by atoms with Crippen LogP contribution in [0.2, 0.25) is 0 Å². The van der Waals surface area contributed by atoms with Crippen molar-refractivity contribution in [3.05, 3.63) is 70.2 Å². The van der Waals surface area contributed by atoms with E-state index in [4.69, 9.17) is 4.74 Å². The molecule has 4 nitrogen and oxygen atoms in total. The van der Waals surface area contributed by atoms with Gasteiger partial charge in [-0.2, -0.15) is 0 Å². The Morgan fingerprint density at radius 3 is 2.40 bits per heavy atom. The van der Waals surface area contributed by atoms with Crippen molar-refractivity contribution in [1.82, 2.24) is 5.32 Å². The van der Waals surface area contributed by atoms with E-state index in [1.54, 1.807) is 12.1 Å². The number of carbonyl (C=O) groups excluding carboxylic acids is 2. The van der Waals surface area contributed by atoms with Crippen LogP contribution >= 0.6 is 15.9 Å². The van der Waals surface area contributed by atoms with E-state index in [0.717, 1.165) is 10.0 Å².